The summed E-state index contributed by atoms with van der Waals surface area (Å²) < 4.78 is 45.7. The quantitative estimate of drug-likeness (QED) is 0.814. The molecule has 1 aromatic rings. The maximum Gasteiger partial charge on any atom is 0.422 e. The maximum absolute atomic E-state index is 12.3. The highest BCUT2D eigenvalue weighted by Gasteiger charge is 2.32. The van der Waals surface area contributed by atoms with Gasteiger partial charge in [-0.15, -0.1) is 0 Å². The topological polar surface area (TPSA) is 67.9 Å². The first-order valence-corrected chi connectivity index (χ1v) is 8.68. The molecule has 6 nitrogen and oxygen atoms in total. The molecule has 0 radical (unpaired) electrons. The standard InChI is InChI=1S/C18H23F3N2O4/c1-26-15-5-3-2-4-13(15)6-9-22-16(24)14-7-10-23(11-8-14)17(25)27-12-18(19,20)21/h2-5,14H,6-12H2,1H3,(H,22,24). The van der Waals surface area contributed by atoms with Crippen LogP contribution in [0.25, 0.3) is 0 Å². The number of carbonyl (C=O) groups excluding carboxylic acids is 2. The van der Waals surface area contributed by atoms with Crippen molar-refractivity contribution >= 4 is 12.0 Å². The number of halogens is 3. The Kier molecular flexibility index (Phi) is 7.32. The number of alkyl halides is 3. The number of carbonyl (C=O) groups is 2. The van der Waals surface area contributed by atoms with Crippen molar-refractivity contribution in [1.29, 1.82) is 0 Å². The molecule has 1 fully saturated rings. The number of piperidine rings is 1. The predicted molar refractivity (Wildman–Crippen MR) is 91.4 cm³/mol. The molecular weight excluding hydrogens is 365 g/mol. The number of methoxy groups -OCH3 is 1. The highest BCUT2D eigenvalue weighted by Crippen LogP contribution is 2.20. The lowest BCUT2D eigenvalue weighted by molar-refractivity contribution is -0.162. The molecule has 0 bridgehead atoms. The summed E-state index contributed by atoms with van der Waals surface area (Å²) in [5.41, 5.74) is 0.988. The average molecular weight is 388 g/mol. The van der Waals surface area contributed by atoms with Crippen molar-refractivity contribution in [2.45, 2.75) is 25.4 Å². The number of benzene rings is 1. The summed E-state index contributed by atoms with van der Waals surface area (Å²) in [4.78, 5) is 25.1. The monoisotopic (exact) mass is 388 g/mol. The van der Waals surface area contributed by atoms with Gasteiger partial charge in [0.2, 0.25) is 5.91 Å². The van der Waals surface area contributed by atoms with Crippen LogP contribution >= 0.6 is 0 Å². The van der Waals surface area contributed by atoms with Crippen LogP contribution in [0, 0.1) is 5.92 Å². The van der Waals surface area contributed by atoms with Crippen molar-refractivity contribution in [3.05, 3.63) is 29.8 Å². The van der Waals surface area contributed by atoms with E-state index in [0.717, 1.165) is 11.3 Å². The smallest absolute Gasteiger partial charge is 0.422 e. The Bertz CT molecular complexity index is 644. The van der Waals surface area contributed by atoms with Crippen molar-refractivity contribution < 1.29 is 32.2 Å². The first kappa shape index (κ1) is 20.9. The van der Waals surface area contributed by atoms with Crippen LogP contribution in [0.3, 0.4) is 0 Å². The van der Waals surface area contributed by atoms with Gasteiger partial charge in [0.1, 0.15) is 5.75 Å². The third kappa shape index (κ3) is 6.65. The van der Waals surface area contributed by atoms with E-state index in [1.165, 1.54) is 4.90 Å². The van der Waals surface area contributed by atoms with Gasteiger partial charge in [-0.2, -0.15) is 13.2 Å². The molecule has 150 valence electrons. The van der Waals surface area contributed by atoms with Gasteiger partial charge in [0.05, 0.1) is 7.11 Å². The number of likely N-dealkylation sites (tertiary alicyclic amines) is 1. The van der Waals surface area contributed by atoms with Crippen molar-refractivity contribution in [3.63, 3.8) is 0 Å². The van der Waals surface area contributed by atoms with Gasteiger partial charge in [-0.25, -0.2) is 4.79 Å². The Morgan fingerprint density at radius 3 is 2.52 bits per heavy atom. The summed E-state index contributed by atoms with van der Waals surface area (Å²) in [6.45, 7) is -0.759. The van der Waals surface area contributed by atoms with Crippen LogP contribution in [0.1, 0.15) is 18.4 Å². The van der Waals surface area contributed by atoms with Crippen molar-refractivity contribution in [1.82, 2.24) is 10.2 Å². The lowest BCUT2D eigenvalue weighted by Crippen LogP contribution is -2.44. The predicted octanol–water partition coefficient (Wildman–Crippen LogP) is 2.76. The second-order valence-corrected chi connectivity index (χ2v) is 6.28. The molecule has 27 heavy (non-hydrogen) atoms. The zero-order chi connectivity index (χ0) is 19.9. The minimum absolute atomic E-state index is 0.117. The summed E-state index contributed by atoms with van der Waals surface area (Å²) in [7, 11) is 1.59. The Morgan fingerprint density at radius 1 is 1.22 bits per heavy atom. The van der Waals surface area contributed by atoms with E-state index in [9.17, 15) is 22.8 Å². The van der Waals surface area contributed by atoms with Gasteiger partial charge in [0, 0.05) is 25.6 Å². The van der Waals surface area contributed by atoms with E-state index in [1.54, 1.807) is 7.11 Å². The largest absolute Gasteiger partial charge is 0.496 e. The molecule has 9 heteroatoms. The van der Waals surface area contributed by atoms with Crippen molar-refractivity contribution in [2.24, 2.45) is 5.92 Å². The van der Waals surface area contributed by atoms with Crippen LogP contribution in [0.4, 0.5) is 18.0 Å². The molecule has 1 heterocycles. The molecule has 1 aliphatic heterocycles. The molecule has 1 aromatic carbocycles. The lowest BCUT2D eigenvalue weighted by atomic mass is 9.96. The van der Waals surface area contributed by atoms with E-state index in [0.29, 0.717) is 25.8 Å². The average Bonchev–Trinajstić information content (AvgIpc) is 2.66. The SMILES string of the molecule is COc1ccccc1CCNC(=O)C1CCN(C(=O)OCC(F)(F)F)CC1. The van der Waals surface area contributed by atoms with E-state index < -0.39 is 18.9 Å². The number of ether oxygens (including phenoxy) is 2. The summed E-state index contributed by atoms with van der Waals surface area (Å²) in [6.07, 6.45) is -4.14. The highest BCUT2D eigenvalue weighted by atomic mass is 19.4. The van der Waals surface area contributed by atoms with Gasteiger partial charge in [-0.1, -0.05) is 18.2 Å². The van der Waals surface area contributed by atoms with E-state index in [2.05, 4.69) is 10.1 Å². The van der Waals surface area contributed by atoms with E-state index in [-0.39, 0.29) is 24.9 Å². The van der Waals surface area contributed by atoms with Gasteiger partial charge in [-0.05, 0) is 30.9 Å². The fraction of sp³-hybridized carbons (Fsp3) is 0.556. The Labute approximate surface area is 155 Å². The number of nitrogens with zero attached hydrogens (tertiary/aromatic N) is 1. The number of hydrogen-bond acceptors (Lipinski definition) is 4. The van der Waals surface area contributed by atoms with Crippen molar-refractivity contribution in [3.8, 4) is 5.75 Å². The van der Waals surface area contributed by atoms with Crippen LogP contribution in [-0.2, 0) is 16.0 Å². The maximum atomic E-state index is 12.3. The Morgan fingerprint density at radius 2 is 1.89 bits per heavy atom. The van der Waals surface area contributed by atoms with Crippen LogP contribution in [0.15, 0.2) is 24.3 Å². The zero-order valence-electron chi connectivity index (χ0n) is 15.1. The van der Waals surface area contributed by atoms with E-state index in [4.69, 9.17) is 4.74 Å². The van der Waals surface area contributed by atoms with Gasteiger partial charge < -0.3 is 19.7 Å². The van der Waals surface area contributed by atoms with Crippen LogP contribution in [0.2, 0.25) is 0 Å². The number of rotatable bonds is 6. The molecule has 2 rings (SSSR count). The van der Waals surface area contributed by atoms with Crippen LogP contribution < -0.4 is 10.1 Å². The molecule has 0 unspecified atom stereocenters. The van der Waals surface area contributed by atoms with Gasteiger partial charge in [0.25, 0.3) is 0 Å². The normalized spacial score (nSPS) is 15.3. The van der Waals surface area contributed by atoms with Gasteiger partial charge in [0.15, 0.2) is 6.61 Å². The molecule has 0 atom stereocenters. The second kappa shape index (κ2) is 9.48. The fourth-order valence-electron chi connectivity index (χ4n) is 2.93. The molecule has 1 saturated heterocycles. The molecular formula is C18H23F3N2O4. The van der Waals surface area contributed by atoms with Gasteiger partial charge in [-0.3, -0.25) is 4.79 Å². The number of amides is 2. The first-order valence-electron chi connectivity index (χ1n) is 8.68. The van der Waals surface area contributed by atoms with Crippen molar-refractivity contribution in [2.75, 3.05) is 33.4 Å². The third-order valence-electron chi connectivity index (χ3n) is 4.37. The Hall–Kier alpha value is -2.45. The molecule has 1 aliphatic rings. The molecule has 0 aliphatic carbocycles. The van der Waals surface area contributed by atoms with Crippen LogP contribution in [-0.4, -0.2) is 56.4 Å². The van der Waals surface area contributed by atoms with E-state index >= 15 is 0 Å². The summed E-state index contributed by atoms with van der Waals surface area (Å²) >= 11 is 0. The number of hydrogen-bond donors (Lipinski definition) is 1. The molecule has 0 spiro atoms. The second-order valence-electron chi connectivity index (χ2n) is 6.28. The molecule has 2 amide bonds. The first-order chi connectivity index (χ1) is 12.8. The van der Waals surface area contributed by atoms with Crippen LogP contribution in [0.5, 0.6) is 5.75 Å². The summed E-state index contributed by atoms with van der Waals surface area (Å²) in [5, 5.41) is 2.86. The minimum atomic E-state index is -4.55. The van der Waals surface area contributed by atoms with E-state index in [1.807, 2.05) is 24.3 Å². The zero-order valence-corrected chi connectivity index (χ0v) is 15.1. The Balaban J connectivity index is 1.71. The van der Waals surface area contributed by atoms with Gasteiger partial charge >= 0.3 is 12.3 Å². The third-order valence-corrected chi connectivity index (χ3v) is 4.37. The number of para-hydroxylation sites is 1. The minimum Gasteiger partial charge on any atom is -0.496 e. The molecule has 1 N–H and O–H groups in total. The summed E-state index contributed by atoms with van der Waals surface area (Å²) in [6, 6.07) is 7.54. The molecule has 0 saturated carbocycles. The summed E-state index contributed by atoms with van der Waals surface area (Å²) in [5.74, 6) is 0.375. The fourth-order valence-corrected chi connectivity index (χ4v) is 2.93. The number of nitrogens with one attached hydrogen (secondary N) is 1. The highest BCUT2D eigenvalue weighted by molar-refractivity contribution is 5.79. The molecule has 0 aromatic heterocycles. The lowest BCUT2D eigenvalue weighted by Gasteiger charge is -2.30.